The molecule has 2 heterocycles. The van der Waals surface area contributed by atoms with Crippen LogP contribution in [0.3, 0.4) is 0 Å². The Hall–Kier alpha value is -0.930. The zero-order chi connectivity index (χ0) is 10.7. The fraction of sp³-hybridized carbons (Fsp3) is 0.583. The Morgan fingerprint density at radius 2 is 2.47 bits per heavy atom. The molecule has 2 rings (SSSR count). The summed E-state index contributed by atoms with van der Waals surface area (Å²) in [5, 5.41) is 0. The standard InChI is InChI=1S/C12H19N3/c1-10-12(7-13)4-6-15(10)9-11-3-2-5-14-8-11/h2-3,5,8,10,12H,4,6-7,9,13H2,1H3. The lowest BCUT2D eigenvalue weighted by atomic mass is 10.0. The van der Waals surface area contributed by atoms with E-state index in [0.717, 1.165) is 19.6 Å². The van der Waals surface area contributed by atoms with Gasteiger partial charge in [0.15, 0.2) is 0 Å². The van der Waals surface area contributed by atoms with E-state index in [1.54, 1.807) is 0 Å². The topological polar surface area (TPSA) is 42.1 Å². The van der Waals surface area contributed by atoms with E-state index in [1.807, 2.05) is 18.5 Å². The van der Waals surface area contributed by atoms with Gasteiger partial charge in [-0.2, -0.15) is 0 Å². The van der Waals surface area contributed by atoms with Gasteiger partial charge in [-0.05, 0) is 44.0 Å². The Bertz CT molecular complexity index is 299. The van der Waals surface area contributed by atoms with E-state index in [-0.39, 0.29) is 0 Å². The Morgan fingerprint density at radius 1 is 1.60 bits per heavy atom. The molecule has 0 spiro atoms. The molecule has 1 fully saturated rings. The largest absolute Gasteiger partial charge is 0.330 e. The Morgan fingerprint density at radius 3 is 3.07 bits per heavy atom. The molecule has 0 radical (unpaired) electrons. The van der Waals surface area contributed by atoms with Crippen LogP contribution in [0.2, 0.25) is 0 Å². The van der Waals surface area contributed by atoms with Crippen LogP contribution in [0.4, 0.5) is 0 Å². The van der Waals surface area contributed by atoms with Crippen molar-refractivity contribution in [1.29, 1.82) is 0 Å². The number of pyridine rings is 1. The Balaban J connectivity index is 1.96. The summed E-state index contributed by atoms with van der Waals surface area (Å²) in [7, 11) is 0. The van der Waals surface area contributed by atoms with Crippen molar-refractivity contribution in [3.05, 3.63) is 30.1 Å². The second-order valence-electron chi connectivity index (χ2n) is 4.36. The minimum atomic E-state index is 0.607. The third-order valence-corrected chi connectivity index (χ3v) is 3.46. The molecule has 1 aliphatic heterocycles. The predicted molar refractivity (Wildman–Crippen MR) is 61.3 cm³/mol. The lowest BCUT2D eigenvalue weighted by Gasteiger charge is -2.23. The van der Waals surface area contributed by atoms with Crippen molar-refractivity contribution in [3.63, 3.8) is 0 Å². The van der Waals surface area contributed by atoms with Gasteiger partial charge in [-0.25, -0.2) is 0 Å². The third-order valence-electron chi connectivity index (χ3n) is 3.46. The van der Waals surface area contributed by atoms with E-state index < -0.39 is 0 Å². The fourth-order valence-electron chi connectivity index (χ4n) is 2.34. The number of nitrogens with zero attached hydrogens (tertiary/aromatic N) is 2. The van der Waals surface area contributed by atoms with Crippen LogP contribution in [0.1, 0.15) is 18.9 Å². The molecule has 0 aromatic carbocycles. The molecule has 1 aromatic rings. The molecule has 0 bridgehead atoms. The number of rotatable bonds is 3. The summed E-state index contributed by atoms with van der Waals surface area (Å²) in [6, 6.07) is 4.74. The van der Waals surface area contributed by atoms with Crippen molar-refractivity contribution in [2.24, 2.45) is 11.7 Å². The van der Waals surface area contributed by atoms with Crippen molar-refractivity contribution in [1.82, 2.24) is 9.88 Å². The SMILES string of the molecule is CC1C(CN)CCN1Cc1cccnc1. The Labute approximate surface area is 91.3 Å². The van der Waals surface area contributed by atoms with E-state index in [9.17, 15) is 0 Å². The molecule has 3 nitrogen and oxygen atoms in total. The minimum absolute atomic E-state index is 0.607. The zero-order valence-corrected chi connectivity index (χ0v) is 9.26. The second-order valence-corrected chi connectivity index (χ2v) is 4.36. The molecule has 1 aliphatic rings. The quantitative estimate of drug-likeness (QED) is 0.807. The summed E-state index contributed by atoms with van der Waals surface area (Å²) in [4.78, 5) is 6.63. The molecule has 2 unspecified atom stereocenters. The average Bonchev–Trinajstić information content (AvgIpc) is 2.62. The van der Waals surface area contributed by atoms with Crippen LogP contribution >= 0.6 is 0 Å². The first-order valence-corrected chi connectivity index (χ1v) is 5.64. The number of hydrogen-bond acceptors (Lipinski definition) is 3. The van der Waals surface area contributed by atoms with Crippen LogP contribution in [0.5, 0.6) is 0 Å². The molecular weight excluding hydrogens is 186 g/mol. The molecule has 2 atom stereocenters. The van der Waals surface area contributed by atoms with Crippen LogP contribution in [0.15, 0.2) is 24.5 Å². The molecule has 1 aromatic heterocycles. The van der Waals surface area contributed by atoms with Crippen molar-refractivity contribution >= 4 is 0 Å². The van der Waals surface area contributed by atoms with Crippen LogP contribution in [0.25, 0.3) is 0 Å². The van der Waals surface area contributed by atoms with Crippen LogP contribution in [-0.2, 0) is 6.54 Å². The van der Waals surface area contributed by atoms with E-state index in [0.29, 0.717) is 12.0 Å². The number of nitrogens with two attached hydrogens (primary N) is 1. The monoisotopic (exact) mass is 205 g/mol. The van der Waals surface area contributed by atoms with Crippen molar-refractivity contribution in [2.75, 3.05) is 13.1 Å². The predicted octanol–water partition coefficient (Wildman–Crippen LogP) is 1.25. The zero-order valence-electron chi connectivity index (χ0n) is 9.26. The van der Waals surface area contributed by atoms with Crippen molar-refractivity contribution in [2.45, 2.75) is 25.9 Å². The maximum Gasteiger partial charge on any atom is 0.0312 e. The molecule has 0 aliphatic carbocycles. The van der Waals surface area contributed by atoms with Crippen molar-refractivity contribution in [3.8, 4) is 0 Å². The van der Waals surface area contributed by atoms with Gasteiger partial charge in [0.05, 0.1) is 0 Å². The second kappa shape index (κ2) is 4.73. The maximum absolute atomic E-state index is 5.74. The van der Waals surface area contributed by atoms with Crippen LogP contribution < -0.4 is 5.73 Å². The van der Waals surface area contributed by atoms with E-state index in [4.69, 9.17) is 5.73 Å². The Kier molecular flexibility index (Phi) is 3.34. The van der Waals surface area contributed by atoms with Crippen LogP contribution in [-0.4, -0.2) is 29.0 Å². The van der Waals surface area contributed by atoms with E-state index in [1.165, 1.54) is 12.0 Å². The summed E-state index contributed by atoms with van der Waals surface area (Å²) >= 11 is 0. The molecule has 3 heteroatoms. The molecule has 82 valence electrons. The highest BCUT2D eigenvalue weighted by Gasteiger charge is 2.29. The summed E-state index contributed by atoms with van der Waals surface area (Å²) < 4.78 is 0. The molecular formula is C12H19N3. The van der Waals surface area contributed by atoms with Gasteiger partial charge in [-0.1, -0.05) is 6.07 Å². The summed E-state index contributed by atoms with van der Waals surface area (Å²) in [5.74, 6) is 0.668. The smallest absolute Gasteiger partial charge is 0.0312 e. The molecule has 0 amide bonds. The number of aromatic nitrogens is 1. The van der Waals surface area contributed by atoms with Gasteiger partial charge >= 0.3 is 0 Å². The molecule has 0 saturated carbocycles. The normalized spacial score (nSPS) is 27.1. The van der Waals surface area contributed by atoms with Crippen molar-refractivity contribution < 1.29 is 0 Å². The lowest BCUT2D eigenvalue weighted by molar-refractivity contribution is 0.235. The summed E-state index contributed by atoms with van der Waals surface area (Å²) in [6.07, 6.45) is 5.00. The average molecular weight is 205 g/mol. The summed E-state index contributed by atoms with van der Waals surface area (Å²) in [5.41, 5.74) is 7.03. The number of hydrogen-bond donors (Lipinski definition) is 1. The molecule has 15 heavy (non-hydrogen) atoms. The molecule has 2 N–H and O–H groups in total. The van der Waals surface area contributed by atoms with Gasteiger partial charge < -0.3 is 5.73 Å². The van der Waals surface area contributed by atoms with Gasteiger partial charge in [0.1, 0.15) is 0 Å². The van der Waals surface area contributed by atoms with E-state index >= 15 is 0 Å². The highest BCUT2D eigenvalue weighted by atomic mass is 15.2. The van der Waals surface area contributed by atoms with Gasteiger partial charge in [0, 0.05) is 25.0 Å². The number of likely N-dealkylation sites (tertiary alicyclic amines) is 1. The van der Waals surface area contributed by atoms with Gasteiger partial charge in [-0.3, -0.25) is 9.88 Å². The third kappa shape index (κ3) is 2.36. The minimum Gasteiger partial charge on any atom is -0.330 e. The first kappa shape index (κ1) is 10.6. The maximum atomic E-state index is 5.74. The fourth-order valence-corrected chi connectivity index (χ4v) is 2.34. The first-order valence-electron chi connectivity index (χ1n) is 5.64. The first-order chi connectivity index (χ1) is 7.31. The molecule has 1 saturated heterocycles. The van der Waals surface area contributed by atoms with Gasteiger partial charge in [0.25, 0.3) is 0 Å². The van der Waals surface area contributed by atoms with E-state index in [2.05, 4.69) is 22.9 Å². The van der Waals surface area contributed by atoms with Crippen LogP contribution in [0, 0.1) is 5.92 Å². The highest BCUT2D eigenvalue weighted by Crippen LogP contribution is 2.24. The van der Waals surface area contributed by atoms with Gasteiger partial charge in [0.2, 0.25) is 0 Å². The summed E-state index contributed by atoms with van der Waals surface area (Å²) in [6.45, 7) is 5.26. The highest BCUT2D eigenvalue weighted by molar-refractivity contribution is 5.09. The lowest BCUT2D eigenvalue weighted by Crippen LogP contribution is -2.32. The van der Waals surface area contributed by atoms with Gasteiger partial charge in [-0.15, -0.1) is 0 Å².